The minimum Gasteiger partial charge on any atom is -0.493 e. The Labute approximate surface area is 86.1 Å². The van der Waals surface area contributed by atoms with Crippen LogP contribution in [0.5, 0.6) is 5.75 Å². The first-order chi connectivity index (χ1) is 6.77. The van der Waals surface area contributed by atoms with Crippen LogP contribution in [0.15, 0.2) is 18.2 Å². The molecule has 0 aliphatic heterocycles. The van der Waals surface area contributed by atoms with Gasteiger partial charge in [0.25, 0.3) is 0 Å². The van der Waals surface area contributed by atoms with Crippen LogP contribution in [0.25, 0.3) is 0 Å². The highest BCUT2D eigenvalue weighted by molar-refractivity contribution is 5.39. The van der Waals surface area contributed by atoms with Crippen LogP contribution in [0.1, 0.15) is 30.4 Å². The van der Waals surface area contributed by atoms with Crippen molar-refractivity contribution in [3.8, 4) is 5.75 Å². The standard InChI is InChI=1S/C13H18O/c1-10-5-3-6-11(2)13(10)14-9-12-7-4-8-12/h3,5-6,12H,4,7-9H2,1-2H3. The highest BCUT2D eigenvalue weighted by Gasteiger charge is 2.18. The SMILES string of the molecule is Cc1cccc(C)c1OCC1CCC1. The Morgan fingerprint density at radius 3 is 2.36 bits per heavy atom. The summed E-state index contributed by atoms with van der Waals surface area (Å²) in [5.41, 5.74) is 2.51. The summed E-state index contributed by atoms with van der Waals surface area (Å²) < 4.78 is 5.87. The lowest BCUT2D eigenvalue weighted by Gasteiger charge is -2.26. The van der Waals surface area contributed by atoms with Gasteiger partial charge in [0.05, 0.1) is 6.61 Å². The summed E-state index contributed by atoms with van der Waals surface area (Å²) in [4.78, 5) is 0. The molecule has 14 heavy (non-hydrogen) atoms. The highest BCUT2D eigenvalue weighted by Crippen LogP contribution is 2.29. The van der Waals surface area contributed by atoms with E-state index in [1.54, 1.807) is 0 Å². The van der Waals surface area contributed by atoms with E-state index in [1.165, 1.54) is 30.4 Å². The molecule has 1 saturated carbocycles. The fourth-order valence-electron chi connectivity index (χ4n) is 1.89. The second kappa shape index (κ2) is 4.04. The van der Waals surface area contributed by atoms with Gasteiger partial charge in [0.1, 0.15) is 5.75 Å². The van der Waals surface area contributed by atoms with Crippen molar-refractivity contribution >= 4 is 0 Å². The van der Waals surface area contributed by atoms with Crippen molar-refractivity contribution < 1.29 is 4.74 Å². The summed E-state index contributed by atoms with van der Waals surface area (Å²) in [6.45, 7) is 5.14. The average Bonchev–Trinajstić information content (AvgIpc) is 2.07. The lowest BCUT2D eigenvalue weighted by molar-refractivity contribution is 0.179. The van der Waals surface area contributed by atoms with Crippen LogP contribution in [-0.4, -0.2) is 6.61 Å². The molecule has 0 aromatic heterocycles. The first kappa shape index (κ1) is 9.57. The number of para-hydroxylation sites is 1. The van der Waals surface area contributed by atoms with Crippen molar-refractivity contribution in [2.45, 2.75) is 33.1 Å². The molecule has 0 atom stereocenters. The molecule has 0 saturated heterocycles. The van der Waals surface area contributed by atoms with Crippen molar-refractivity contribution in [2.75, 3.05) is 6.61 Å². The highest BCUT2D eigenvalue weighted by atomic mass is 16.5. The Kier molecular flexibility index (Phi) is 2.76. The number of hydrogen-bond acceptors (Lipinski definition) is 1. The third-order valence-electron chi connectivity index (χ3n) is 3.10. The van der Waals surface area contributed by atoms with Gasteiger partial charge in [-0.2, -0.15) is 0 Å². The van der Waals surface area contributed by atoms with E-state index in [0.29, 0.717) is 0 Å². The van der Waals surface area contributed by atoms with Crippen molar-refractivity contribution in [1.29, 1.82) is 0 Å². The van der Waals surface area contributed by atoms with Crippen LogP contribution in [0, 0.1) is 19.8 Å². The molecule has 1 heteroatoms. The summed E-state index contributed by atoms with van der Waals surface area (Å²) in [5, 5.41) is 0. The molecule has 0 bridgehead atoms. The van der Waals surface area contributed by atoms with Gasteiger partial charge in [0, 0.05) is 0 Å². The zero-order valence-corrected chi connectivity index (χ0v) is 9.05. The van der Waals surface area contributed by atoms with Crippen molar-refractivity contribution in [3.63, 3.8) is 0 Å². The Morgan fingerprint density at radius 1 is 1.21 bits per heavy atom. The van der Waals surface area contributed by atoms with E-state index in [1.807, 2.05) is 0 Å². The van der Waals surface area contributed by atoms with E-state index in [0.717, 1.165) is 18.3 Å². The summed E-state index contributed by atoms with van der Waals surface area (Å²) in [5.74, 6) is 1.91. The molecule has 0 spiro atoms. The molecule has 1 aliphatic carbocycles. The Balaban J connectivity index is 2.00. The van der Waals surface area contributed by atoms with Gasteiger partial charge in [0.15, 0.2) is 0 Å². The van der Waals surface area contributed by atoms with Gasteiger partial charge in [-0.15, -0.1) is 0 Å². The smallest absolute Gasteiger partial charge is 0.125 e. The third kappa shape index (κ3) is 1.92. The van der Waals surface area contributed by atoms with Gasteiger partial charge in [0.2, 0.25) is 0 Å². The normalized spacial score (nSPS) is 16.4. The molecular weight excluding hydrogens is 172 g/mol. The van der Waals surface area contributed by atoms with Crippen molar-refractivity contribution in [1.82, 2.24) is 0 Å². The van der Waals surface area contributed by atoms with Gasteiger partial charge in [-0.05, 0) is 43.7 Å². The second-order valence-electron chi connectivity index (χ2n) is 4.33. The van der Waals surface area contributed by atoms with Gasteiger partial charge in [-0.1, -0.05) is 24.6 Å². The van der Waals surface area contributed by atoms with Gasteiger partial charge >= 0.3 is 0 Å². The van der Waals surface area contributed by atoms with Crippen molar-refractivity contribution in [2.24, 2.45) is 5.92 Å². The van der Waals surface area contributed by atoms with Crippen LogP contribution in [0.4, 0.5) is 0 Å². The predicted molar refractivity (Wildman–Crippen MR) is 58.8 cm³/mol. The monoisotopic (exact) mass is 190 g/mol. The number of ether oxygens (including phenoxy) is 1. The summed E-state index contributed by atoms with van der Waals surface area (Å²) in [6.07, 6.45) is 4.09. The number of aryl methyl sites for hydroxylation is 2. The summed E-state index contributed by atoms with van der Waals surface area (Å²) >= 11 is 0. The average molecular weight is 190 g/mol. The van der Waals surface area contributed by atoms with Crippen molar-refractivity contribution in [3.05, 3.63) is 29.3 Å². The van der Waals surface area contributed by atoms with Gasteiger partial charge < -0.3 is 4.74 Å². The molecule has 1 aromatic rings. The molecule has 1 fully saturated rings. The molecule has 0 N–H and O–H groups in total. The first-order valence-electron chi connectivity index (χ1n) is 5.46. The van der Waals surface area contributed by atoms with E-state index >= 15 is 0 Å². The quantitative estimate of drug-likeness (QED) is 0.709. The minimum atomic E-state index is 0.814. The van der Waals surface area contributed by atoms with Gasteiger partial charge in [-0.3, -0.25) is 0 Å². The zero-order chi connectivity index (χ0) is 9.97. The number of hydrogen-bond donors (Lipinski definition) is 0. The zero-order valence-electron chi connectivity index (χ0n) is 9.05. The van der Waals surface area contributed by atoms with Gasteiger partial charge in [-0.25, -0.2) is 0 Å². The maximum Gasteiger partial charge on any atom is 0.125 e. The summed E-state index contributed by atoms with van der Waals surface area (Å²) in [7, 11) is 0. The molecular formula is C13H18O. The fourth-order valence-corrected chi connectivity index (χ4v) is 1.89. The van der Waals surface area contributed by atoms with E-state index in [4.69, 9.17) is 4.74 Å². The van der Waals surface area contributed by atoms with E-state index in [-0.39, 0.29) is 0 Å². The molecule has 0 unspecified atom stereocenters. The van der Waals surface area contributed by atoms with Crippen LogP contribution in [0.2, 0.25) is 0 Å². The van der Waals surface area contributed by atoms with Crippen LogP contribution >= 0.6 is 0 Å². The molecule has 1 aromatic carbocycles. The molecule has 1 aliphatic rings. The number of rotatable bonds is 3. The Hall–Kier alpha value is -0.980. The maximum absolute atomic E-state index is 5.87. The predicted octanol–water partition coefficient (Wildman–Crippen LogP) is 3.48. The number of benzene rings is 1. The molecule has 2 rings (SSSR count). The molecule has 0 amide bonds. The molecule has 0 heterocycles. The summed E-state index contributed by atoms with van der Waals surface area (Å²) in [6, 6.07) is 6.31. The Bertz CT molecular complexity index is 293. The maximum atomic E-state index is 5.87. The van der Waals surface area contributed by atoms with E-state index < -0.39 is 0 Å². The largest absolute Gasteiger partial charge is 0.493 e. The molecule has 0 radical (unpaired) electrons. The second-order valence-corrected chi connectivity index (χ2v) is 4.33. The van der Waals surface area contributed by atoms with E-state index in [2.05, 4.69) is 32.0 Å². The van der Waals surface area contributed by atoms with E-state index in [9.17, 15) is 0 Å². The molecule has 1 nitrogen and oxygen atoms in total. The Morgan fingerprint density at radius 2 is 1.86 bits per heavy atom. The molecule has 76 valence electrons. The third-order valence-corrected chi connectivity index (χ3v) is 3.10. The minimum absolute atomic E-state index is 0.814. The van der Waals surface area contributed by atoms with Crippen LogP contribution < -0.4 is 4.74 Å². The topological polar surface area (TPSA) is 9.23 Å². The van der Waals surface area contributed by atoms with Crippen LogP contribution in [0.3, 0.4) is 0 Å². The lowest BCUT2D eigenvalue weighted by atomic mass is 9.86. The van der Waals surface area contributed by atoms with Crippen LogP contribution in [-0.2, 0) is 0 Å². The fraction of sp³-hybridized carbons (Fsp3) is 0.538. The lowest BCUT2D eigenvalue weighted by Crippen LogP contribution is -2.19. The first-order valence-corrected chi connectivity index (χ1v) is 5.46.